The molecule has 0 fully saturated rings. The third kappa shape index (κ3) is 4.60. The minimum Gasteiger partial charge on any atom is -0.410 e. The smallest absolute Gasteiger partial charge is 0.410 e. The Morgan fingerprint density at radius 2 is 2.03 bits per heavy atom. The van der Waals surface area contributed by atoms with Crippen LogP contribution < -0.4 is 19.1 Å². The second-order valence-corrected chi connectivity index (χ2v) is 7.76. The Labute approximate surface area is 179 Å². The van der Waals surface area contributed by atoms with Crippen LogP contribution in [0.5, 0.6) is 5.75 Å². The lowest BCUT2D eigenvalue weighted by Gasteiger charge is -2.29. The van der Waals surface area contributed by atoms with Gasteiger partial charge in [-0.1, -0.05) is 18.2 Å². The molecule has 0 aliphatic carbocycles. The molecule has 0 saturated heterocycles. The summed E-state index contributed by atoms with van der Waals surface area (Å²) in [7, 11) is 6.70. The van der Waals surface area contributed by atoms with E-state index in [1.165, 1.54) is 14.7 Å². The number of anilines is 2. The van der Waals surface area contributed by atoms with Crippen molar-refractivity contribution < 1.29 is 18.7 Å². The largest absolute Gasteiger partial charge is 0.415 e. The van der Waals surface area contributed by atoms with Crippen LogP contribution in [-0.4, -0.2) is 50.1 Å². The van der Waals surface area contributed by atoms with Crippen LogP contribution in [-0.2, 0) is 13.1 Å². The number of rotatable bonds is 6. The van der Waals surface area contributed by atoms with Crippen molar-refractivity contribution in [1.29, 1.82) is 0 Å². The fourth-order valence-electron chi connectivity index (χ4n) is 3.03. The van der Waals surface area contributed by atoms with Crippen molar-refractivity contribution in [1.82, 2.24) is 14.5 Å². The number of carbonyl (C=O) groups is 2. The molecule has 8 nitrogen and oxygen atoms in total. The van der Waals surface area contributed by atoms with Crippen molar-refractivity contribution in [2.45, 2.75) is 13.1 Å². The summed E-state index contributed by atoms with van der Waals surface area (Å²) in [5, 5.41) is 0. The third-order valence-electron chi connectivity index (χ3n) is 4.63. The number of carbonyl (C=O) groups excluding carboxylic acids is 2. The van der Waals surface area contributed by atoms with E-state index in [0.29, 0.717) is 22.7 Å². The molecule has 2 aromatic rings. The summed E-state index contributed by atoms with van der Waals surface area (Å²) < 4.78 is 25.9. The van der Waals surface area contributed by atoms with Crippen LogP contribution >= 0.6 is 12.1 Å². The highest BCUT2D eigenvalue weighted by atomic mass is 32.2. The van der Waals surface area contributed by atoms with E-state index >= 15 is 0 Å². The SMILES string of the molecule is CNSNc1cccc(CN2Cc3ccc(N(C)C(=O)N(C)C)cc3OC2=O)c1F. The number of hydrogen-bond donors (Lipinski definition) is 2. The average Bonchev–Trinajstić information content (AvgIpc) is 2.73. The standard InChI is InChI=1S/C20H24FN5O3S/c1-22-30-23-16-7-5-6-14(18(16)21)12-26-11-13-8-9-15(10-17(13)29-20(26)28)25(4)19(27)24(2)3/h5-10,22-23H,11-12H2,1-4H3. The van der Waals surface area contributed by atoms with E-state index in [4.69, 9.17) is 4.74 Å². The summed E-state index contributed by atoms with van der Waals surface area (Å²) in [5.74, 6) is -0.0218. The Bertz CT molecular complexity index is 956. The van der Waals surface area contributed by atoms with Crippen LogP contribution in [0.4, 0.5) is 25.4 Å². The van der Waals surface area contributed by atoms with Crippen molar-refractivity contribution in [3.05, 3.63) is 53.3 Å². The molecule has 2 aromatic carbocycles. The van der Waals surface area contributed by atoms with E-state index in [2.05, 4.69) is 9.44 Å². The fraction of sp³-hybridized carbons (Fsp3) is 0.300. The average molecular weight is 434 g/mol. The summed E-state index contributed by atoms with van der Waals surface area (Å²) in [6.45, 7) is 0.354. The molecule has 30 heavy (non-hydrogen) atoms. The van der Waals surface area contributed by atoms with Crippen LogP contribution in [0, 0.1) is 5.82 Å². The van der Waals surface area contributed by atoms with E-state index < -0.39 is 11.9 Å². The zero-order valence-electron chi connectivity index (χ0n) is 17.2. The number of nitrogens with one attached hydrogen (secondary N) is 2. The Balaban J connectivity index is 1.77. The van der Waals surface area contributed by atoms with Crippen LogP contribution in [0.1, 0.15) is 11.1 Å². The number of ether oxygens (including phenoxy) is 1. The molecule has 0 saturated carbocycles. The van der Waals surface area contributed by atoms with Crippen molar-refractivity contribution in [2.75, 3.05) is 37.8 Å². The number of hydrogen-bond acceptors (Lipinski definition) is 6. The van der Waals surface area contributed by atoms with Crippen LogP contribution in [0.3, 0.4) is 0 Å². The maximum absolute atomic E-state index is 14.7. The number of halogens is 1. The molecular weight excluding hydrogens is 409 g/mol. The van der Waals surface area contributed by atoms with Gasteiger partial charge in [-0.25, -0.2) is 18.7 Å². The topological polar surface area (TPSA) is 77.2 Å². The molecule has 0 aromatic heterocycles. The molecule has 1 aliphatic rings. The molecule has 2 N–H and O–H groups in total. The summed E-state index contributed by atoms with van der Waals surface area (Å²) >= 11 is 1.15. The van der Waals surface area contributed by atoms with Gasteiger partial charge in [-0.15, -0.1) is 0 Å². The third-order valence-corrected chi connectivity index (χ3v) is 5.15. The first-order chi connectivity index (χ1) is 14.3. The zero-order chi connectivity index (χ0) is 21.8. The van der Waals surface area contributed by atoms with Crippen LogP contribution in [0.25, 0.3) is 0 Å². The monoisotopic (exact) mass is 433 g/mol. The number of amides is 3. The Hall–Kier alpha value is -2.98. The molecular formula is C20H24FN5O3S. The van der Waals surface area contributed by atoms with Crippen molar-refractivity contribution in [3.63, 3.8) is 0 Å². The fourth-order valence-corrected chi connectivity index (χ4v) is 3.40. The molecule has 0 atom stereocenters. The van der Waals surface area contributed by atoms with Gasteiger partial charge in [0.25, 0.3) is 0 Å². The maximum atomic E-state index is 14.7. The second kappa shape index (κ2) is 9.23. The normalized spacial score (nSPS) is 12.8. The van der Waals surface area contributed by atoms with Gasteiger partial charge >= 0.3 is 12.1 Å². The molecule has 1 aliphatic heterocycles. The number of nitrogens with zero attached hydrogens (tertiary/aromatic N) is 3. The maximum Gasteiger partial charge on any atom is 0.415 e. The van der Waals surface area contributed by atoms with E-state index in [-0.39, 0.29) is 19.1 Å². The molecule has 0 unspecified atom stereocenters. The first kappa shape index (κ1) is 21.7. The summed E-state index contributed by atoms with van der Waals surface area (Å²) in [4.78, 5) is 29.0. The van der Waals surface area contributed by atoms with Gasteiger partial charge in [0.1, 0.15) is 5.75 Å². The van der Waals surface area contributed by atoms with Gasteiger partial charge < -0.3 is 14.4 Å². The lowest BCUT2D eigenvalue weighted by molar-refractivity contribution is 0.134. The molecule has 0 spiro atoms. The first-order valence-electron chi connectivity index (χ1n) is 9.22. The van der Waals surface area contributed by atoms with Gasteiger partial charge in [0.15, 0.2) is 5.82 Å². The lowest BCUT2D eigenvalue weighted by Crippen LogP contribution is -2.38. The predicted octanol–water partition coefficient (Wildman–Crippen LogP) is 3.65. The Morgan fingerprint density at radius 1 is 1.27 bits per heavy atom. The molecule has 160 valence electrons. The van der Waals surface area contributed by atoms with E-state index in [1.807, 2.05) is 0 Å². The van der Waals surface area contributed by atoms with Crippen molar-refractivity contribution >= 4 is 35.6 Å². The Kier molecular flexibility index (Phi) is 6.68. The minimum absolute atomic E-state index is 0.0740. The highest BCUT2D eigenvalue weighted by Crippen LogP contribution is 2.32. The van der Waals surface area contributed by atoms with Gasteiger partial charge in [-0.3, -0.25) is 9.80 Å². The highest BCUT2D eigenvalue weighted by Gasteiger charge is 2.27. The summed E-state index contributed by atoms with van der Waals surface area (Å²) in [5.41, 5.74) is 2.10. The van der Waals surface area contributed by atoms with E-state index in [0.717, 1.165) is 17.7 Å². The summed E-state index contributed by atoms with van der Waals surface area (Å²) in [6.07, 6.45) is -0.566. The number of urea groups is 1. The highest BCUT2D eigenvalue weighted by molar-refractivity contribution is 7.98. The quantitative estimate of drug-likeness (QED) is 0.678. The first-order valence-corrected chi connectivity index (χ1v) is 10.0. The van der Waals surface area contributed by atoms with Gasteiger partial charge in [0.2, 0.25) is 0 Å². The van der Waals surface area contributed by atoms with Gasteiger partial charge in [-0.05, 0) is 19.2 Å². The van der Waals surface area contributed by atoms with Gasteiger partial charge in [-0.2, -0.15) is 0 Å². The van der Waals surface area contributed by atoms with E-state index in [1.54, 1.807) is 64.6 Å². The molecule has 0 radical (unpaired) electrons. The minimum atomic E-state index is -0.566. The molecule has 1 heterocycles. The van der Waals surface area contributed by atoms with Gasteiger partial charge in [0, 0.05) is 56.2 Å². The molecule has 0 bridgehead atoms. The second-order valence-electron chi connectivity index (χ2n) is 6.94. The predicted molar refractivity (Wildman–Crippen MR) is 116 cm³/mol. The number of benzene rings is 2. The van der Waals surface area contributed by atoms with E-state index in [9.17, 15) is 14.0 Å². The van der Waals surface area contributed by atoms with Crippen molar-refractivity contribution in [2.24, 2.45) is 0 Å². The molecule has 10 heteroatoms. The van der Waals surface area contributed by atoms with Crippen molar-refractivity contribution in [3.8, 4) is 5.75 Å². The zero-order valence-corrected chi connectivity index (χ0v) is 18.0. The molecule has 3 rings (SSSR count). The number of fused-ring (bicyclic) bond motifs is 1. The van der Waals surface area contributed by atoms with Gasteiger partial charge in [0.05, 0.1) is 18.8 Å². The molecule has 3 amide bonds. The van der Waals surface area contributed by atoms with Crippen LogP contribution in [0.15, 0.2) is 36.4 Å². The lowest BCUT2D eigenvalue weighted by atomic mass is 10.1. The Morgan fingerprint density at radius 3 is 2.73 bits per heavy atom. The van der Waals surface area contributed by atoms with Crippen LogP contribution in [0.2, 0.25) is 0 Å². The summed E-state index contributed by atoms with van der Waals surface area (Å²) in [6, 6.07) is 10.0.